The average molecular weight is 244 g/mol. The minimum absolute atomic E-state index is 0.0228. The van der Waals surface area contributed by atoms with Crippen LogP contribution in [0.5, 0.6) is 0 Å². The number of hydrogen-bond donors (Lipinski definition) is 0. The van der Waals surface area contributed by atoms with E-state index in [1.54, 1.807) is 6.92 Å². The van der Waals surface area contributed by atoms with Crippen molar-refractivity contribution in [3.63, 3.8) is 0 Å². The Hall–Kier alpha value is -0.930. The van der Waals surface area contributed by atoms with Gasteiger partial charge in [-0.15, -0.1) is 0 Å². The maximum absolute atomic E-state index is 14.5. The number of halogens is 1. The molecule has 98 valence electrons. The zero-order chi connectivity index (χ0) is 13.3. The largest absolute Gasteiger partial charge is 0.463 e. The molecule has 0 N–H and O–H groups in total. The van der Waals surface area contributed by atoms with E-state index >= 15 is 0 Å². The number of carbonyl (C=O) groups is 2. The first-order valence-electron chi connectivity index (χ1n) is 6.11. The van der Waals surface area contributed by atoms with Crippen LogP contribution in [0.1, 0.15) is 47.0 Å². The number of rotatable bonds is 2. The SMILES string of the molecule is CCOC(=O)C1(F)CC(C(C)(C)C)CCC1=O. The highest BCUT2D eigenvalue weighted by Crippen LogP contribution is 2.42. The zero-order valence-corrected chi connectivity index (χ0v) is 11.0. The maximum Gasteiger partial charge on any atom is 0.351 e. The van der Waals surface area contributed by atoms with E-state index < -0.39 is 17.4 Å². The van der Waals surface area contributed by atoms with E-state index in [0.29, 0.717) is 6.42 Å². The summed E-state index contributed by atoms with van der Waals surface area (Å²) in [6.45, 7) is 7.70. The Balaban J connectivity index is 2.89. The molecule has 4 heteroatoms. The van der Waals surface area contributed by atoms with Crippen LogP contribution in [0.25, 0.3) is 0 Å². The minimum atomic E-state index is -2.42. The van der Waals surface area contributed by atoms with Crippen LogP contribution in [0.4, 0.5) is 4.39 Å². The van der Waals surface area contributed by atoms with E-state index in [9.17, 15) is 14.0 Å². The number of carbonyl (C=O) groups excluding carboxylic acids is 2. The molecule has 1 rings (SSSR count). The summed E-state index contributed by atoms with van der Waals surface area (Å²) in [5, 5.41) is 0. The third-order valence-electron chi connectivity index (χ3n) is 3.51. The van der Waals surface area contributed by atoms with Crippen LogP contribution >= 0.6 is 0 Å². The van der Waals surface area contributed by atoms with Crippen molar-refractivity contribution in [2.45, 2.75) is 52.6 Å². The van der Waals surface area contributed by atoms with Gasteiger partial charge in [-0.2, -0.15) is 0 Å². The number of ether oxygens (including phenoxy) is 1. The van der Waals surface area contributed by atoms with Gasteiger partial charge in [-0.25, -0.2) is 9.18 Å². The van der Waals surface area contributed by atoms with Crippen molar-refractivity contribution in [2.75, 3.05) is 6.61 Å². The standard InChI is InChI=1S/C13H21FO3/c1-5-17-11(16)13(14)8-9(12(2,3)4)6-7-10(13)15/h9H,5-8H2,1-4H3. The molecule has 0 bridgehead atoms. The van der Waals surface area contributed by atoms with E-state index in [-0.39, 0.29) is 30.8 Å². The lowest BCUT2D eigenvalue weighted by Gasteiger charge is -2.38. The van der Waals surface area contributed by atoms with E-state index in [4.69, 9.17) is 0 Å². The van der Waals surface area contributed by atoms with Gasteiger partial charge in [0.25, 0.3) is 5.67 Å². The van der Waals surface area contributed by atoms with Crippen molar-refractivity contribution in [1.29, 1.82) is 0 Å². The molecule has 0 aliphatic heterocycles. The molecule has 1 aliphatic rings. The molecule has 0 aromatic heterocycles. The normalized spacial score (nSPS) is 30.2. The first-order chi connectivity index (χ1) is 7.71. The van der Waals surface area contributed by atoms with Crippen LogP contribution in [-0.2, 0) is 14.3 Å². The van der Waals surface area contributed by atoms with E-state index in [2.05, 4.69) is 4.74 Å². The lowest BCUT2D eigenvalue weighted by molar-refractivity contribution is -0.167. The summed E-state index contributed by atoms with van der Waals surface area (Å²) in [5.74, 6) is -1.62. The smallest absolute Gasteiger partial charge is 0.351 e. The summed E-state index contributed by atoms with van der Waals surface area (Å²) >= 11 is 0. The van der Waals surface area contributed by atoms with Gasteiger partial charge in [0.2, 0.25) is 0 Å². The Morgan fingerprint density at radius 2 is 2.12 bits per heavy atom. The molecule has 0 aromatic rings. The second kappa shape index (κ2) is 4.75. The monoisotopic (exact) mass is 244 g/mol. The predicted octanol–water partition coefficient (Wildman–Crippen LogP) is 2.67. The van der Waals surface area contributed by atoms with Gasteiger partial charge in [0, 0.05) is 12.8 Å². The summed E-state index contributed by atoms with van der Waals surface area (Å²) in [7, 11) is 0. The number of Topliss-reactive ketones (excluding diaryl/α,β-unsaturated/α-hetero) is 1. The highest BCUT2D eigenvalue weighted by molar-refractivity contribution is 6.07. The lowest BCUT2D eigenvalue weighted by atomic mass is 9.67. The minimum Gasteiger partial charge on any atom is -0.463 e. The third-order valence-corrected chi connectivity index (χ3v) is 3.51. The van der Waals surface area contributed by atoms with Crippen molar-refractivity contribution in [1.82, 2.24) is 0 Å². The third kappa shape index (κ3) is 2.85. The van der Waals surface area contributed by atoms with Crippen LogP contribution in [0.3, 0.4) is 0 Å². The van der Waals surface area contributed by atoms with Gasteiger partial charge in [-0.05, 0) is 24.7 Å². The van der Waals surface area contributed by atoms with Gasteiger partial charge in [-0.1, -0.05) is 20.8 Å². The van der Waals surface area contributed by atoms with Crippen molar-refractivity contribution in [3.8, 4) is 0 Å². The van der Waals surface area contributed by atoms with E-state index in [0.717, 1.165) is 0 Å². The Kier molecular flexibility index (Phi) is 3.95. The first-order valence-corrected chi connectivity index (χ1v) is 6.11. The molecule has 0 spiro atoms. The van der Waals surface area contributed by atoms with E-state index in [1.807, 2.05) is 20.8 Å². The van der Waals surface area contributed by atoms with Gasteiger partial charge in [0.1, 0.15) is 0 Å². The molecule has 1 aliphatic carbocycles. The quantitative estimate of drug-likeness (QED) is 0.554. The lowest BCUT2D eigenvalue weighted by Crippen LogP contribution is -2.50. The molecule has 0 radical (unpaired) electrons. The fraction of sp³-hybridized carbons (Fsp3) is 0.846. The van der Waals surface area contributed by atoms with Gasteiger partial charge < -0.3 is 4.74 Å². The molecule has 3 nitrogen and oxygen atoms in total. The summed E-state index contributed by atoms with van der Waals surface area (Å²) in [6, 6.07) is 0. The van der Waals surface area contributed by atoms with Gasteiger partial charge in [0.05, 0.1) is 6.61 Å². The number of hydrogen-bond acceptors (Lipinski definition) is 3. The Morgan fingerprint density at radius 3 is 2.59 bits per heavy atom. The van der Waals surface area contributed by atoms with Gasteiger partial charge >= 0.3 is 5.97 Å². The fourth-order valence-corrected chi connectivity index (χ4v) is 2.24. The van der Waals surface area contributed by atoms with Gasteiger partial charge in [0.15, 0.2) is 5.78 Å². The number of esters is 1. The molecule has 1 saturated carbocycles. The predicted molar refractivity (Wildman–Crippen MR) is 62.3 cm³/mol. The van der Waals surface area contributed by atoms with Crippen molar-refractivity contribution >= 4 is 11.8 Å². The summed E-state index contributed by atoms with van der Waals surface area (Å²) < 4.78 is 19.2. The molecule has 0 aromatic carbocycles. The van der Waals surface area contributed by atoms with Crippen molar-refractivity contribution < 1.29 is 18.7 Å². The van der Waals surface area contributed by atoms with Crippen LogP contribution in [-0.4, -0.2) is 24.0 Å². The molecule has 17 heavy (non-hydrogen) atoms. The molecule has 0 saturated heterocycles. The molecule has 0 amide bonds. The average Bonchev–Trinajstić information content (AvgIpc) is 2.21. The second-order valence-corrected chi connectivity index (χ2v) is 5.75. The molecule has 2 atom stereocenters. The van der Waals surface area contributed by atoms with E-state index in [1.165, 1.54) is 0 Å². The zero-order valence-electron chi connectivity index (χ0n) is 11.0. The van der Waals surface area contributed by atoms with Gasteiger partial charge in [-0.3, -0.25) is 4.79 Å². The summed E-state index contributed by atoms with van der Waals surface area (Å²) in [5.41, 5.74) is -2.53. The highest BCUT2D eigenvalue weighted by atomic mass is 19.1. The topological polar surface area (TPSA) is 43.4 Å². The summed E-state index contributed by atoms with van der Waals surface area (Å²) in [6.07, 6.45) is 0.721. The number of ketones is 1. The Morgan fingerprint density at radius 1 is 1.53 bits per heavy atom. The number of alkyl halides is 1. The second-order valence-electron chi connectivity index (χ2n) is 5.75. The molecule has 1 fully saturated rings. The molecular weight excluding hydrogens is 223 g/mol. The summed E-state index contributed by atoms with van der Waals surface area (Å²) in [4.78, 5) is 23.2. The molecule has 2 unspecified atom stereocenters. The Labute approximate surface area is 102 Å². The van der Waals surface area contributed by atoms with Crippen LogP contribution in [0, 0.1) is 11.3 Å². The van der Waals surface area contributed by atoms with Crippen LogP contribution in [0.15, 0.2) is 0 Å². The van der Waals surface area contributed by atoms with Crippen LogP contribution < -0.4 is 0 Å². The maximum atomic E-state index is 14.5. The first kappa shape index (κ1) is 14.1. The highest BCUT2D eigenvalue weighted by Gasteiger charge is 2.53. The molecular formula is C13H21FO3. The van der Waals surface area contributed by atoms with Crippen molar-refractivity contribution in [2.24, 2.45) is 11.3 Å². The Bertz CT molecular complexity index is 319. The van der Waals surface area contributed by atoms with Crippen molar-refractivity contribution in [3.05, 3.63) is 0 Å². The fourth-order valence-electron chi connectivity index (χ4n) is 2.24. The van der Waals surface area contributed by atoms with Crippen LogP contribution in [0.2, 0.25) is 0 Å². The molecule has 0 heterocycles.